The Labute approximate surface area is 144 Å². The number of thiazole rings is 1. The van der Waals surface area contributed by atoms with Crippen LogP contribution in [0.1, 0.15) is 26.5 Å². The zero-order valence-corrected chi connectivity index (χ0v) is 14.3. The predicted octanol–water partition coefficient (Wildman–Crippen LogP) is 4.70. The molecule has 1 aromatic heterocycles. The number of hydrogen-bond acceptors (Lipinski definition) is 4. The third-order valence-corrected chi connectivity index (χ3v) is 4.83. The van der Waals surface area contributed by atoms with Gasteiger partial charge in [0.1, 0.15) is 22.2 Å². The molecule has 0 fully saturated rings. The lowest BCUT2D eigenvalue weighted by atomic mass is 10.1. The molecule has 0 amide bonds. The van der Waals surface area contributed by atoms with Gasteiger partial charge in [0.2, 0.25) is 0 Å². The summed E-state index contributed by atoms with van der Waals surface area (Å²) in [4.78, 5) is 15.9. The van der Waals surface area contributed by atoms with Crippen LogP contribution in [0.5, 0.6) is 5.75 Å². The lowest BCUT2D eigenvalue weighted by Gasteiger charge is -2.10. The first kappa shape index (κ1) is 16.2. The molecule has 0 unspecified atom stereocenters. The van der Waals surface area contributed by atoms with Crippen LogP contribution in [-0.2, 0) is 6.61 Å². The Balaban J connectivity index is 1.86. The van der Waals surface area contributed by atoms with Crippen LogP contribution < -0.4 is 4.74 Å². The Morgan fingerprint density at radius 2 is 1.83 bits per heavy atom. The zero-order valence-electron chi connectivity index (χ0n) is 13.4. The molecule has 4 nitrogen and oxygen atoms in total. The fourth-order valence-corrected chi connectivity index (χ4v) is 3.33. The van der Waals surface area contributed by atoms with E-state index in [4.69, 9.17) is 4.74 Å². The van der Waals surface area contributed by atoms with Crippen molar-refractivity contribution in [3.05, 3.63) is 70.2 Å². The molecule has 24 heavy (non-hydrogen) atoms. The zero-order chi connectivity index (χ0) is 17.1. The molecule has 0 radical (unpaired) electrons. The van der Waals surface area contributed by atoms with Gasteiger partial charge in [0.15, 0.2) is 0 Å². The minimum atomic E-state index is -0.940. The summed E-state index contributed by atoms with van der Waals surface area (Å²) in [5, 5.41) is 9.92. The third kappa shape index (κ3) is 3.46. The summed E-state index contributed by atoms with van der Waals surface area (Å²) in [6.45, 7) is 4.15. The number of hydrogen-bond donors (Lipinski definition) is 1. The summed E-state index contributed by atoms with van der Waals surface area (Å²) in [5.74, 6) is -0.137. The van der Waals surface area contributed by atoms with Gasteiger partial charge >= 0.3 is 5.97 Å². The van der Waals surface area contributed by atoms with Crippen molar-refractivity contribution in [2.45, 2.75) is 20.5 Å². The SMILES string of the molecule is Cc1ccc(OCc2ccccc2-c2nc(C)c(C(=O)O)s2)cc1. The van der Waals surface area contributed by atoms with Gasteiger partial charge in [-0.1, -0.05) is 42.0 Å². The van der Waals surface area contributed by atoms with Crippen LogP contribution in [0.4, 0.5) is 0 Å². The first-order chi connectivity index (χ1) is 11.5. The fourth-order valence-electron chi connectivity index (χ4n) is 2.36. The van der Waals surface area contributed by atoms with Crippen LogP contribution in [-0.4, -0.2) is 16.1 Å². The highest BCUT2D eigenvalue weighted by Gasteiger charge is 2.17. The number of carboxylic acid groups (broad SMARTS) is 1. The molecule has 0 bridgehead atoms. The van der Waals surface area contributed by atoms with Gasteiger partial charge in [0.25, 0.3) is 0 Å². The molecular weight excluding hydrogens is 322 g/mol. The van der Waals surface area contributed by atoms with Crippen LogP contribution >= 0.6 is 11.3 Å². The molecule has 0 saturated carbocycles. The molecular formula is C19H17NO3S. The van der Waals surface area contributed by atoms with Gasteiger partial charge in [0.05, 0.1) is 5.69 Å². The third-order valence-electron chi connectivity index (χ3n) is 3.65. The molecule has 1 heterocycles. The second-order valence-electron chi connectivity index (χ2n) is 5.50. The van der Waals surface area contributed by atoms with E-state index < -0.39 is 5.97 Å². The molecule has 0 aliphatic heterocycles. The highest BCUT2D eigenvalue weighted by Crippen LogP contribution is 2.31. The van der Waals surface area contributed by atoms with E-state index in [0.717, 1.165) is 16.9 Å². The minimum Gasteiger partial charge on any atom is -0.489 e. The number of carbonyl (C=O) groups is 1. The van der Waals surface area contributed by atoms with Gasteiger partial charge in [-0.15, -0.1) is 11.3 Å². The summed E-state index contributed by atoms with van der Waals surface area (Å²) in [6.07, 6.45) is 0. The number of carboxylic acids is 1. The molecule has 0 saturated heterocycles. The smallest absolute Gasteiger partial charge is 0.347 e. The number of rotatable bonds is 5. The predicted molar refractivity (Wildman–Crippen MR) is 94.8 cm³/mol. The van der Waals surface area contributed by atoms with E-state index in [1.165, 1.54) is 16.9 Å². The van der Waals surface area contributed by atoms with Crippen LogP contribution in [0.2, 0.25) is 0 Å². The maximum absolute atomic E-state index is 11.2. The van der Waals surface area contributed by atoms with Gasteiger partial charge in [-0.25, -0.2) is 9.78 Å². The number of ether oxygens (including phenoxy) is 1. The fraction of sp³-hybridized carbons (Fsp3) is 0.158. The van der Waals surface area contributed by atoms with Crippen molar-refractivity contribution < 1.29 is 14.6 Å². The van der Waals surface area contributed by atoms with Crippen molar-refractivity contribution in [2.75, 3.05) is 0 Å². The molecule has 5 heteroatoms. The van der Waals surface area contributed by atoms with Crippen LogP contribution in [0.15, 0.2) is 48.5 Å². The van der Waals surface area contributed by atoms with E-state index in [1.54, 1.807) is 6.92 Å². The van der Waals surface area contributed by atoms with Crippen molar-refractivity contribution in [1.29, 1.82) is 0 Å². The molecule has 122 valence electrons. The van der Waals surface area contributed by atoms with E-state index in [-0.39, 0.29) is 4.88 Å². The first-order valence-corrected chi connectivity index (χ1v) is 8.34. The van der Waals surface area contributed by atoms with Crippen LogP contribution in [0.25, 0.3) is 10.6 Å². The van der Waals surface area contributed by atoms with E-state index in [0.29, 0.717) is 17.3 Å². The van der Waals surface area contributed by atoms with Gasteiger partial charge in [-0.2, -0.15) is 0 Å². The maximum atomic E-state index is 11.2. The Kier molecular flexibility index (Phi) is 4.62. The monoisotopic (exact) mass is 339 g/mol. The minimum absolute atomic E-state index is 0.277. The van der Waals surface area contributed by atoms with E-state index >= 15 is 0 Å². The summed E-state index contributed by atoms with van der Waals surface area (Å²) in [5.41, 5.74) is 3.60. The van der Waals surface area contributed by atoms with Crippen molar-refractivity contribution in [1.82, 2.24) is 4.98 Å². The van der Waals surface area contributed by atoms with Gasteiger partial charge in [-0.3, -0.25) is 0 Å². The molecule has 0 aliphatic carbocycles. The highest BCUT2D eigenvalue weighted by molar-refractivity contribution is 7.17. The number of benzene rings is 2. The lowest BCUT2D eigenvalue weighted by Crippen LogP contribution is -1.97. The normalized spacial score (nSPS) is 10.6. The second kappa shape index (κ2) is 6.84. The van der Waals surface area contributed by atoms with E-state index in [1.807, 2.05) is 55.5 Å². The standard InChI is InChI=1S/C19H17NO3S/c1-12-7-9-15(10-8-12)23-11-14-5-3-4-6-16(14)18-20-13(2)17(24-18)19(21)22/h3-10H,11H2,1-2H3,(H,21,22). The van der Waals surface area contributed by atoms with Gasteiger partial charge in [0, 0.05) is 5.56 Å². The molecule has 3 aromatic rings. The van der Waals surface area contributed by atoms with Gasteiger partial charge < -0.3 is 9.84 Å². The largest absolute Gasteiger partial charge is 0.489 e. The number of aromatic nitrogens is 1. The van der Waals surface area contributed by atoms with Crippen molar-refractivity contribution >= 4 is 17.3 Å². The maximum Gasteiger partial charge on any atom is 0.347 e. The Bertz CT molecular complexity index is 869. The second-order valence-corrected chi connectivity index (χ2v) is 6.50. The summed E-state index contributed by atoms with van der Waals surface area (Å²) >= 11 is 1.19. The topological polar surface area (TPSA) is 59.4 Å². The molecule has 1 N–H and O–H groups in total. The van der Waals surface area contributed by atoms with Crippen molar-refractivity contribution in [3.63, 3.8) is 0 Å². The number of aromatic carboxylic acids is 1. The summed E-state index contributed by atoms with van der Waals surface area (Å²) < 4.78 is 5.85. The summed E-state index contributed by atoms with van der Waals surface area (Å²) in [6, 6.07) is 15.7. The van der Waals surface area contributed by atoms with Crippen molar-refractivity contribution in [3.8, 4) is 16.3 Å². The van der Waals surface area contributed by atoms with Crippen LogP contribution in [0, 0.1) is 13.8 Å². The molecule has 0 spiro atoms. The highest BCUT2D eigenvalue weighted by atomic mass is 32.1. The Morgan fingerprint density at radius 1 is 1.12 bits per heavy atom. The molecule has 0 atom stereocenters. The molecule has 2 aromatic carbocycles. The quantitative estimate of drug-likeness (QED) is 0.732. The molecule has 0 aliphatic rings. The van der Waals surface area contributed by atoms with Gasteiger partial charge in [-0.05, 0) is 31.5 Å². The Hall–Kier alpha value is -2.66. The summed E-state index contributed by atoms with van der Waals surface area (Å²) in [7, 11) is 0. The first-order valence-electron chi connectivity index (χ1n) is 7.53. The van der Waals surface area contributed by atoms with Crippen LogP contribution in [0.3, 0.4) is 0 Å². The van der Waals surface area contributed by atoms with Crippen molar-refractivity contribution in [2.24, 2.45) is 0 Å². The molecule has 3 rings (SSSR count). The Morgan fingerprint density at radius 3 is 2.50 bits per heavy atom. The average Bonchev–Trinajstić information content (AvgIpc) is 2.96. The van der Waals surface area contributed by atoms with E-state index in [9.17, 15) is 9.90 Å². The lowest BCUT2D eigenvalue weighted by molar-refractivity contribution is 0.0701. The number of nitrogens with zero attached hydrogens (tertiary/aromatic N) is 1. The number of aryl methyl sites for hydroxylation is 2. The van der Waals surface area contributed by atoms with E-state index in [2.05, 4.69) is 4.98 Å². The average molecular weight is 339 g/mol.